The number of fused-ring (bicyclic) bond motifs is 2. The lowest BCUT2D eigenvalue weighted by molar-refractivity contribution is 0.0932. The molecule has 5 aromatic rings. The summed E-state index contributed by atoms with van der Waals surface area (Å²) in [5, 5.41) is 2.46. The molecule has 168 valence electrons. The standard InChI is InChI=1S/C29H24FN3O/c30-24-10-8-21(9-11-24)28-29(22-14-16-31-17-15-22)33-25(12-13-27(33)32-28)19-34-18-23-6-3-5-20-4-1-2-7-26(20)23/h1-11,14-17,25H,12-13,18-19H2/t25-/m0/s1. The molecule has 4 nitrogen and oxygen atoms in total. The second-order valence-corrected chi connectivity index (χ2v) is 8.68. The van der Waals surface area contributed by atoms with E-state index < -0.39 is 0 Å². The summed E-state index contributed by atoms with van der Waals surface area (Å²) in [5.41, 5.74) is 5.07. The Balaban J connectivity index is 1.31. The number of halogens is 1. The van der Waals surface area contributed by atoms with E-state index in [-0.39, 0.29) is 11.9 Å². The van der Waals surface area contributed by atoms with Gasteiger partial charge in [-0.3, -0.25) is 4.98 Å². The van der Waals surface area contributed by atoms with Crippen molar-refractivity contribution < 1.29 is 9.13 Å². The van der Waals surface area contributed by atoms with Crippen LogP contribution in [0.2, 0.25) is 0 Å². The third-order valence-electron chi connectivity index (χ3n) is 6.57. The first-order valence-corrected chi connectivity index (χ1v) is 11.6. The Hall–Kier alpha value is -3.83. The van der Waals surface area contributed by atoms with Crippen molar-refractivity contribution in [3.63, 3.8) is 0 Å². The lowest BCUT2D eigenvalue weighted by atomic mass is 10.0. The van der Waals surface area contributed by atoms with Crippen molar-refractivity contribution in [3.05, 3.63) is 108 Å². The molecule has 0 N–H and O–H groups in total. The average molecular weight is 450 g/mol. The van der Waals surface area contributed by atoms with E-state index in [1.54, 1.807) is 24.5 Å². The van der Waals surface area contributed by atoms with Crippen LogP contribution >= 0.6 is 0 Å². The normalized spacial score (nSPS) is 15.0. The zero-order valence-electron chi connectivity index (χ0n) is 18.7. The van der Waals surface area contributed by atoms with Crippen LogP contribution in [0.1, 0.15) is 23.9 Å². The summed E-state index contributed by atoms with van der Waals surface area (Å²) in [6.07, 6.45) is 5.47. The van der Waals surface area contributed by atoms with Gasteiger partial charge in [-0.25, -0.2) is 9.37 Å². The first kappa shape index (κ1) is 20.8. The fourth-order valence-electron chi connectivity index (χ4n) is 4.95. The Labute approximate surface area is 197 Å². The number of hydrogen-bond acceptors (Lipinski definition) is 3. The van der Waals surface area contributed by atoms with E-state index in [0.717, 1.165) is 41.2 Å². The second kappa shape index (κ2) is 8.84. The molecule has 1 atom stereocenters. The van der Waals surface area contributed by atoms with Gasteiger partial charge in [0.2, 0.25) is 0 Å². The summed E-state index contributed by atoms with van der Waals surface area (Å²) in [5.74, 6) is 0.797. The molecular formula is C29H24FN3O. The molecule has 0 spiro atoms. The molecule has 1 aliphatic rings. The van der Waals surface area contributed by atoms with Gasteiger partial charge in [0.25, 0.3) is 0 Å². The van der Waals surface area contributed by atoms with Crippen LogP contribution in [0.3, 0.4) is 0 Å². The molecule has 3 aromatic carbocycles. The quantitative estimate of drug-likeness (QED) is 0.293. The van der Waals surface area contributed by atoms with E-state index in [1.165, 1.54) is 28.5 Å². The van der Waals surface area contributed by atoms with Gasteiger partial charge < -0.3 is 9.30 Å². The van der Waals surface area contributed by atoms with E-state index >= 15 is 0 Å². The van der Waals surface area contributed by atoms with E-state index in [0.29, 0.717) is 13.2 Å². The van der Waals surface area contributed by atoms with Crippen LogP contribution in [0, 0.1) is 5.82 Å². The zero-order valence-corrected chi connectivity index (χ0v) is 18.7. The topological polar surface area (TPSA) is 39.9 Å². The average Bonchev–Trinajstić information content (AvgIpc) is 3.45. The third kappa shape index (κ3) is 3.78. The SMILES string of the molecule is Fc1ccc(-c2nc3n(c2-c2ccncc2)[C@H](COCc2cccc4ccccc24)CC3)cc1. The summed E-state index contributed by atoms with van der Waals surface area (Å²) < 4.78 is 22.2. The molecule has 6 rings (SSSR count). The van der Waals surface area contributed by atoms with E-state index in [9.17, 15) is 4.39 Å². The van der Waals surface area contributed by atoms with Crippen LogP contribution in [0.25, 0.3) is 33.3 Å². The second-order valence-electron chi connectivity index (χ2n) is 8.68. The Morgan fingerprint density at radius 2 is 1.68 bits per heavy atom. The number of hydrogen-bond donors (Lipinski definition) is 0. The predicted octanol–water partition coefficient (Wildman–Crippen LogP) is 6.61. The maximum Gasteiger partial charge on any atom is 0.123 e. The van der Waals surface area contributed by atoms with E-state index in [4.69, 9.17) is 9.72 Å². The Kier molecular flexibility index (Phi) is 5.40. The molecule has 0 saturated heterocycles. The number of aromatic nitrogens is 3. The molecule has 3 heterocycles. The van der Waals surface area contributed by atoms with Crippen molar-refractivity contribution in [2.75, 3.05) is 6.61 Å². The Bertz CT molecular complexity index is 1440. The Morgan fingerprint density at radius 1 is 0.882 bits per heavy atom. The van der Waals surface area contributed by atoms with Crippen LogP contribution in [0.15, 0.2) is 91.3 Å². The summed E-state index contributed by atoms with van der Waals surface area (Å²) in [6.45, 7) is 1.17. The minimum atomic E-state index is -0.249. The minimum Gasteiger partial charge on any atom is -0.375 e. The molecule has 0 radical (unpaired) electrons. The fraction of sp³-hybridized carbons (Fsp3) is 0.172. The van der Waals surface area contributed by atoms with E-state index in [1.807, 2.05) is 12.1 Å². The van der Waals surface area contributed by atoms with Gasteiger partial charge >= 0.3 is 0 Å². The van der Waals surface area contributed by atoms with Crippen molar-refractivity contribution in [1.82, 2.24) is 14.5 Å². The van der Waals surface area contributed by atoms with Gasteiger partial charge in [0.05, 0.1) is 30.6 Å². The van der Waals surface area contributed by atoms with Gasteiger partial charge in [0.1, 0.15) is 11.6 Å². The van der Waals surface area contributed by atoms with Gasteiger partial charge in [0, 0.05) is 29.9 Å². The van der Waals surface area contributed by atoms with Crippen LogP contribution in [-0.2, 0) is 17.8 Å². The van der Waals surface area contributed by atoms with Crippen molar-refractivity contribution in [3.8, 4) is 22.5 Å². The number of nitrogens with zero attached hydrogens (tertiary/aromatic N) is 3. The number of rotatable bonds is 6. The molecule has 0 amide bonds. The highest BCUT2D eigenvalue weighted by Gasteiger charge is 2.30. The zero-order chi connectivity index (χ0) is 22.9. The van der Waals surface area contributed by atoms with Crippen molar-refractivity contribution in [2.45, 2.75) is 25.5 Å². The van der Waals surface area contributed by atoms with E-state index in [2.05, 4.69) is 52.0 Å². The van der Waals surface area contributed by atoms with Gasteiger partial charge in [-0.2, -0.15) is 0 Å². The molecular weight excluding hydrogens is 425 g/mol. The molecule has 1 aliphatic heterocycles. The van der Waals surface area contributed by atoms with Crippen molar-refractivity contribution in [1.29, 1.82) is 0 Å². The smallest absolute Gasteiger partial charge is 0.123 e. The maximum atomic E-state index is 13.6. The number of ether oxygens (including phenoxy) is 1. The molecule has 0 fully saturated rings. The summed E-state index contributed by atoms with van der Waals surface area (Å²) in [4.78, 5) is 9.17. The molecule has 2 aromatic heterocycles. The Morgan fingerprint density at radius 3 is 2.53 bits per heavy atom. The number of aryl methyl sites for hydroxylation is 1. The predicted molar refractivity (Wildman–Crippen MR) is 132 cm³/mol. The lowest BCUT2D eigenvalue weighted by Crippen LogP contribution is -2.13. The monoisotopic (exact) mass is 449 g/mol. The molecule has 0 saturated carbocycles. The van der Waals surface area contributed by atoms with Crippen molar-refractivity contribution >= 4 is 10.8 Å². The molecule has 0 unspecified atom stereocenters. The van der Waals surface area contributed by atoms with Crippen LogP contribution < -0.4 is 0 Å². The molecule has 0 bridgehead atoms. The molecule has 0 aliphatic carbocycles. The lowest BCUT2D eigenvalue weighted by Gasteiger charge is -2.18. The first-order chi connectivity index (χ1) is 16.8. The van der Waals surface area contributed by atoms with Crippen LogP contribution in [0.5, 0.6) is 0 Å². The summed E-state index contributed by atoms with van der Waals surface area (Å²) >= 11 is 0. The molecule has 5 heteroatoms. The summed E-state index contributed by atoms with van der Waals surface area (Å²) in [6, 6.07) is 25.5. The minimum absolute atomic E-state index is 0.190. The van der Waals surface area contributed by atoms with Crippen LogP contribution in [-0.4, -0.2) is 21.1 Å². The van der Waals surface area contributed by atoms with Gasteiger partial charge in [0.15, 0.2) is 0 Å². The first-order valence-electron chi connectivity index (χ1n) is 11.6. The summed E-state index contributed by atoms with van der Waals surface area (Å²) in [7, 11) is 0. The number of imidazole rings is 1. The fourth-order valence-corrected chi connectivity index (χ4v) is 4.95. The third-order valence-corrected chi connectivity index (χ3v) is 6.57. The molecule has 34 heavy (non-hydrogen) atoms. The van der Waals surface area contributed by atoms with Gasteiger partial charge in [-0.15, -0.1) is 0 Å². The van der Waals surface area contributed by atoms with Gasteiger partial charge in [-0.05, 0) is 59.2 Å². The maximum absolute atomic E-state index is 13.6. The largest absolute Gasteiger partial charge is 0.375 e. The van der Waals surface area contributed by atoms with Crippen LogP contribution in [0.4, 0.5) is 4.39 Å². The highest BCUT2D eigenvalue weighted by molar-refractivity contribution is 5.85. The highest BCUT2D eigenvalue weighted by atomic mass is 19.1. The number of pyridine rings is 1. The van der Waals surface area contributed by atoms with Gasteiger partial charge in [-0.1, -0.05) is 42.5 Å². The number of benzene rings is 3. The van der Waals surface area contributed by atoms with Crippen molar-refractivity contribution in [2.24, 2.45) is 0 Å². The highest BCUT2D eigenvalue weighted by Crippen LogP contribution is 2.39.